The minimum Gasteiger partial charge on any atom is -0.452 e. The molecule has 226 valence electrons. The minimum atomic E-state index is -0.490. The molecule has 0 radical (unpaired) electrons. The van der Waals surface area contributed by atoms with Crippen LogP contribution in [0.5, 0.6) is 0 Å². The normalized spacial score (nSPS) is 11.2. The summed E-state index contributed by atoms with van der Waals surface area (Å²) in [4.78, 5) is 52.2. The number of fused-ring (bicyclic) bond motifs is 2. The molecule has 0 saturated carbocycles. The summed E-state index contributed by atoms with van der Waals surface area (Å²) in [5.74, 6) is -0.555. The third kappa shape index (κ3) is 7.34. The maximum absolute atomic E-state index is 13.6. The molecule has 1 heterocycles. The van der Waals surface area contributed by atoms with Crippen molar-refractivity contribution >= 4 is 34.3 Å². The van der Waals surface area contributed by atoms with Crippen molar-refractivity contribution in [2.75, 3.05) is 79.9 Å². The van der Waals surface area contributed by atoms with Gasteiger partial charge in [-0.3, -0.25) is 14.4 Å². The van der Waals surface area contributed by atoms with Crippen LogP contribution >= 0.6 is 0 Å². The van der Waals surface area contributed by atoms with E-state index in [9.17, 15) is 14.4 Å². The molecule has 11 heteroatoms. The third-order valence-corrected chi connectivity index (χ3v) is 6.95. The number of aromatic nitrogens is 1. The first-order chi connectivity index (χ1) is 19.3. The lowest BCUT2D eigenvalue weighted by Crippen LogP contribution is -2.33. The van der Waals surface area contributed by atoms with E-state index in [-0.39, 0.29) is 50.8 Å². The Morgan fingerprint density at radius 1 is 0.829 bits per heavy atom. The van der Waals surface area contributed by atoms with Crippen molar-refractivity contribution in [3.63, 3.8) is 0 Å². The smallest absolute Gasteiger partial charge is 0.258 e. The van der Waals surface area contributed by atoms with Gasteiger partial charge in [0, 0.05) is 44.0 Å². The van der Waals surface area contributed by atoms with Gasteiger partial charge in [-0.2, -0.15) is 0 Å². The summed E-state index contributed by atoms with van der Waals surface area (Å²) >= 11 is 0. The highest BCUT2D eigenvalue weighted by Gasteiger charge is 2.31. The molecule has 2 aliphatic rings. The monoisotopic (exact) mass is 569 g/mol. The predicted octanol–water partition coefficient (Wildman–Crippen LogP) is 3.15. The van der Waals surface area contributed by atoms with Crippen LogP contribution in [0, 0.1) is 13.8 Å². The lowest BCUT2D eigenvalue weighted by atomic mass is 9.99. The standard InChI is InChI=1S/C28H41N7O4.C2H6/c1-16-19(29)15-18(27(37)34(7)13-9-11-32(3)4)22-25(16)39-26-17(2)24(36)21(30)20(23(26)31-22)28(38)35(8)14-10-12-33(5)6;1-2/h15H,9-14,29-30H2,1-8H3;1-2H3. The summed E-state index contributed by atoms with van der Waals surface area (Å²) in [6, 6.07) is 1.59. The topological polar surface area (TPSA) is 142 Å². The van der Waals surface area contributed by atoms with Crippen LogP contribution in [0.4, 0.5) is 11.4 Å². The Morgan fingerprint density at radius 2 is 1.34 bits per heavy atom. The van der Waals surface area contributed by atoms with E-state index in [0.29, 0.717) is 24.3 Å². The third-order valence-electron chi connectivity index (χ3n) is 6.95. The molecular formula is C30H47N7O4. The fourth-order valence-corrected chi connectivity index (χ4v) is 4.51. The number of benzene rings is 2. The van der Waals surface area contributed by atoms with Crippen LogP contribution in [-0.4, -0.2) is 105 Å². The molecular weight excluding hydrogens is 522 g/mol. The number of hydrogen-bond donors (Lipinski definition) is 2. The fraction of sp³-hybridized carbons (Fsp3) is 0.533. The first-order valence-electron chi connectivity index (χ1n) is 14.0. The van der Waals surface area contributed by atoms with Crippen molar-refractivity contribution in [2.45, 2.75) is 40.5 Å². The van der Waals surface area contributed by atoms with Gasteiger partial charge < -0.3 is 35.5 Å². The van der Waals surface area contributed by atoms with Crippen LogP contribution in [0.3, 0.4) is 0 Å². The lowest BCUT2D eigenvalue weighted by Gasteiger charge is -2.23. The van der Waals surface area contributed by atoms with Gasteiger partial charge in [0.1, 0.15) is 11.2 Å². The number of nitrogens with two attached hydrogens (primary N) is 2. The van der Waals surface area contributed by atoms with Crippen LogP contribution in [-0.2, 0) is 0 Å². The molecule has 1 aromatic carbocycles. The second-order valence-corrected chi connectivity index (χ2v) is 10.7. The van der Waals surface area contributed by atoms with Gasteiger partial charge in [0.25, 0.3) is 11.8 Å². The van der Waals surface area contributed by atoms with E-state index in [1.54, 1.807) is 38.9 Å². The van der Waals surface area contributed by atoms with E-state index in [0.717, 1.165) is 25.9 Å². The number of aryl methyl sites for hydroxylation is 1. The van der Waals surface area contributed by atoms with E-state index in [4.69, 9.17) is 20.9 Å². The van der Waals surface area contributed by atoms with E-state index in [2.05, 4.69) is 4.90 Å². The molecule has 1 aliphatic heterocycles. The van der Waals surface area contributed by atoms with E-state index in [1.807, 2.05) is 46.9 Å². The molecule has 0 atom stereocenters. The summed E-state index contributed by atoms with van der Waals surface area (Å²) in [5, 5.41) is 0. The SMILES string of the molecule is CC.Cc1c2oc3c(C)c(N)cc(C(=O)N(C)CCCN(C)C)c3nc-2c(C(=O)N(C)CCCN(C)C)c(N)c1=O. The van der Waals surface area contributed by atoms with Gasteiger partial charge in [-0.05, 0) is 74.0 Å². The van der Waals surface area contributed by atoms with Gasteiger partial charge in [0.15, 0.2) is 11.3 Å². The maximum Gasteiger partial charge on any atom is 0.258 e. The molecule has 0 fully saturated rings. The summed E-state index contributed by atoms with van der Waals surface area (Å²) < 4.78 is 6.24. The number of nitrogens with zero attached hydrogens (tertiary/aromatic N) is 5. The molecule has 11 nitrogen and oxygen atoms in total. The summed E-state index contributed by atoms with van der Waals surface area (Å²) in [6.07, 6.45) is 1.53. The van der Waals surface area contributed by atoms with Crippen molar-refractivity contribution in [2.24, 2.45) is 0 Å². The second kappa shape index (κ2) is 14.3. The zero-order chi connectivity index (χ0) is 31.2. The van der Waals surface area contributed by atoms with Crippen molar-refractivity contribution in [3.05, 3.63) is 38.5 Å². The summed E-state index contributed by atoms with van der Waals surface area (Å²) in [6.45, 7) is 9.96. The second-order valence-electron chi connectivity index (χ2n) is 10.7. The molecule has 1 aromatic rings. The largest absolute Gasteiger partial charge is 0.452 e. The number of nitrogen functional groups attached to an aromatic ring is 2. The average Bonchev–Trinajstić information content (AvgIpc) is 2.93. The number of carbonyl (C=O) groups excluding carboxylic acids is 2. The highest BCUT2D eigenvalue weighted by atomic mass is 16.3. The number of anilines is 2. The van der Waals surface area contributed by atoms with Crippen LogP contribution in [0.1, 0.15) is 58.5 Å². The molecule has 0 aromatic heterocycles. The Balaban J connectivity index is 0.00000287. The molecule has 1 aliphatic carbocycles. The van der Waals surface area contributed by atoms with Gasteiger partial charge >= 0.3 is 0 Å². The molecule has 41 heavy (non-hydrogen) atoms. The van der Waals surface area contributed by atoms with Gasteiger partial charge in [0.2, 0.25) is 5.43 Å². The Labute approximate surface area is 243 Å². The summed E-state index contributed by atoms with van der Waals surface area (Å²) in [7, 11) is 11.3. The number of rotatable bonds is 10. The first kappa shape index (κ1) is 33.5. The molecule has 0 spiro atoms. The zero-order valence-corrected chi connectivity index (χ0v) is 26.3. The van der Waals surface area contributed by atoms with Crippen molar-refractivity contribution < 1.29 is 14.0 Å². The van der Waals surface area contributed by atoms with E-state index < -0.39 is 11.3 Å². The van der Waals surface area contributed by atoms with Gasteiger partial charge in [-0.25, -0.2) is 4.98 Å². The van der Waals surface area contributed by atoms with E-state index >= 15 is 0 Å². The molecule has 2 amide bonds. The molecule has 3 rings (SSSR count). The van der Waals surface area contributed by atoms with Gasteiger partial charge in [-0.15, -0.1) is 0 Å². The summed E-state index contributed by atoms with van der Waals surface area (Å²) in [5.41, 5.74) is 14.0. The van der Waals surface area contributed by atoms with E-state index in [1.165, 1.54) is 4.90 Å². The number of amides is 2. The number of hydrogen-bond acceptors (Lipinski definition) is 9. The number of carbonyl (C=O) groups is 2. The highest BCUT2D eigenvalue weighted by Crippen LogP contribution is 2.36. The Hall–Kier alpha value is -3.70. The Kier molecular flexibility index (Phi) is 11.7. The maximum atomic E-state index is 13.6. The van der Waals surface area contributed by atoms with Crippen molar-refractivity contribution in [1.29, 1.82) is 0 Å². The molecule has 4 N–H and O–H groups in total. The molecule has 0 saturated heterocycles. The van der Waals surface area contributed by atoms with Crippen molar-refractivity contribution in [1.82, 2.24) is 24.6 Å². The zero-order valence-electron chi connectivity index (χ0n) is 26.3. The van der Waals surface area contributed by atoms with Gasteiger partial charge in [0.05, 0.1) is 16.8 Å². The Morgan fingerprint density at radius 3 is 1.85 bits per heavy atom. The van der Waals surface area contributed by atoms with Crippen LogP contribution in [0.25, 0.3) is 22.6 Å². The lowest BCUT2D eigenvalue weighted by molar-refractivity contribution is 0.0785. The average molecular weight is 570 g/mol. The molecule has 0 unspecified atom stereocenters. The fourth-order valence-electron chi connectivity index (χ4n) is 4.51. The molecule has 0 bridgehead atoms. The van der Waals surface area contributed by atoms with Crippen molar-refractivity contribution in [3.8, 4) is 11.5 Å². The van der Waals surface area contributed by atoms with Crippen LogP contribution in [0.2, 0.25) is 0 Å². The minimum absolute atomic E-state index is 0.0224. The van der Waals surface area contributed by atoms with Gasteiger partial charge in [-0.1, -0.05) is 13.8 Å². The highest BCUT2D eigenvalue weighted by molar-refractivity contribution is 6.09. The first-order valence-corrected chi connectivity index (χ1v) is 14.0. The Bertz CT molecular complexity index is 1410. The van der Waals surface area contributed by atoms with Crippen LogP contribution < -0.4 is 16.9 Å². The van der Waals surface area contributed by atoms with Crippen LogP contribution in [0.15, 0.2) is 15.3 Å². The quantitative estimate of drug-likeness (QED) is 0.278. The predicted molar refractivity (Wildman–Crippen MR) is 167 cm³/mol.